The molecule has 0 atom stereocenters. The van der Waals surface area contributed by atoms with E-state index in [-0.39, 0.29) is 5.92 Å². The molecule has 4 heterocycles. The second-order valence-electron chi connectivity index (χ2n) is 8.52. The van der Waals surface area contributed by atoms with Crippen molar-refractivity contribution in [1.82, 2.24) is 19.9 Å². The topological polar surface area (TPSA) is 112 Å². The van der Waals surface area contributed by atoms with Gasteiger partial charge in [-0.1, -0.05) is 19.9 Å². The molecule has 1 aliphatic heterocycles. The first-order valence-corrected chi connectivity index (χ1v) is 11.1. The Morgan fingerprint density at radius 2 is 1.76 bits per heavy atom. The molecule has 1 amide bonds. The van der Waals surface area contributed by atoms with Gasteiger partial charge < -0.3 is 26.2 Å². The molecule has 4 rings (SSSR count). The van der Waals surface area contributed by atoms with Crippen LogP contribution in [0.1, 0.15) is 35.7 Å². The summed E-state index contributed by atoms with van der Waals surface area (Å²) < 4.78 is 0. The van der Waals surface area contributed by atoms with Crippen LogP contribution in [0.25, 0.3) is 0 Å². The molecular formula is C24H30N8O. The molecule has 1 saturated heterocycles. The van der Waals surface area contributed by atoms with Gasteiger partial charge in [-0.15, -0.1) is 0 Å². The average Bonchev–Trinajstić information content (AvgIpc) is 2.80. The van der Waals surface area contributed by atoms with Gasteiger partial charge in [0.2, 0.25) is 0 Å². The van der Waals surface area contributed by atoms with Crippen molar-refractivity contribution in [3.63, 3.8) is 0 Å². The van der Waals surface area contributed by atoms with Crippen LogP contribution < -0.4 is 21.3 Å². The van der Waals surface area contributed by atoms with Crippen molar-refractivity contribution in [1.29, 1.82) is 0 Å². The van der Waals surface area contributed by atoms with Crippen LogP contribution in [0.15, 0.2) is 48.9 Å². The highest BCUT2D eigenvalue weighted by Gasteiger charge is 2.16. The lowest BCUT2D eigenvalue weighted by atomic mass is 10.0. The number of rotatable bonds is 7. The van der Waals surface area contributed by atoms with E-state index in [0.717, 1.165) is 37.4 Å². The highest BCUT2D eigenvalue weighted by Crippen LogP contribution is 2.28. The minimum atomic E-state index is -0.562. The third-order valence-electron chi connectivity index (χ3n) is 5.76. The van der Waals surface area contributed by atoms with Crippen LogP contribution in [0.3, 0.4) is 0 Å². The minimum Gasteiger partial charge on any atom is -0.368 e. The van der Waals surface area contributed by atoms with Crippen molar-refractivity contribution in [2.24, 2.45) is 5.73 Å². The number of hydrogen-bond acceptors (Lipinski definition) is 8. The monoisotopic (exact) mass is 446 g/mol. The Hall–Kier alpha value is -3.72. The quantitative estimate of drug-likeness (QED) is 0.507. The molecule has 1 aliphatic rings. The van der Waals surface area contributed by atoms with Crippen molar-refractivity contribution in [3.8, 4) is 0 Å². The lowest BCUT2D eigenvalue weighted by molar-refractivity contribution is 0.100. The first-order chi connectivity index (χ1) is 15.9. The highest BCUT2D eigenvalue weighted by atomic mass is 16.1. The first-order valence-electron chi connectivity index (χ1n) is 11.1. The van der Waals surface area contributed by atoms with Gasteiger partial charge >= 0.3 is 0 Å². The van der Waals surface area contributed by atoms with Crippen LogP contribution in [0.4, 0.5) is 28.8 Å². The zero-order chi connectivity index (χ0) is 23.4. The SMILES string of the molecule is CC(C)c1cccnc1Nc1cc(Nc2ccc(N3CCN(C)CC3)cn2)ncc1C(N)=O. The number of pyridine rings is 3. The molecule has 172 valence electrons. The fourth-order valence-electron chi connectivity index (χ4n) is 3.78. The van der Waals surface area contributed by atoms with Crippen molar-refractivity contribution in [2.75, 3.05) is 48.8 Å². The Morgan fingerprint density at radius 1 is 1.00 bits per heavy atom. The molecule has 0 saturated carbocycles. The minimum absolute atomic E-state index is 0.265. The second-order valence-corrected chi connectivity index (χ2v) is 8.52. The van der Waals surface area contributed by atoms with Crippen LogP contribution in [-0.4, -0.2) is 59.0 Å². The standard InChI is InChI=1S/C24H30N8O/c1-16(2)18-5-4-8-26-24(18)29-20-13-22(28-15-19(20)23(25)33)30-21-7-6-17(14-27-21)32-11-9-31(3)10-12-32/h4-8,13-16H,9-12H2,1-3H3,(H2,25,33)(H2,26,27,28,29,30). The lowest BCUT2D eigenvalue weighted by Gasteiger charge is -2.33. The van der Waals surface area contributed by atoms with Crippen LogP contribution in [0, 0.1) is 0 Å². The summed E-state index contributed by atoms with van der Waals surface area (Å²) >= 11 is 0. The number of likely N-dealkylation sites (N-methyl/N-ethyl adjacent to an activating group) is 1. The molecule has 0 radical (unpaired) electrons. The molecule has 9 nitrogen and oxygen atoms in total. The predicted octanol–water partition coefficient (Wildman–Crippen LogP) is 3.33. The van der Waals surface area contributed by atoms with Crippen molar-refractivity contribution < 1.29 is 4.79 Å². The molecule has 0 aromatic carbocycles. The van der Waals surface area contributed by atoms with E-state index >= 15 is 0 Å². The zero-order valence-corrected chi connectivity index (χ0v) is 19.2. The van der Waals surface area contributed by atoms with E-state index in [9.17, 15) is 4.79 Å². The molecule has 3 aromatic heterocycles. The molecule has 33 heavy (non-hydrogen) atoms. The Kier molecular flexibility index (Phi) is 6.69. The van der Waals surface area contributed by atoms with E-state index < -0.39 is 5.91 Å². The van der Waals surface area contributed by atoms with E-state index in [1.807, 2.05) is 24.4 Å². The van der Waals surface area contributed by atoms with Crippen LogP contribution in [0.5, 0.6) is 0 Å². The number of carbonyl (C=O) groups excluding carboxylic acids is 1. The van der Waals surface area contributed by atoms with Gasteiger partial charge in [0, 0.05) is 44.6 Å². The Bertz CT molecular complexity index is 1110. The number of nitrogens with two attached hydrogens (primary N) is 1. The van der Waals surface area contributed by atoms with Crippen molar-refractivity contribution in [2.45, 2.75) is 19.8 Å². The van der Waals surface area contributed by atoms with Gasteiger partial charge in [0.05, 0.1) is 23.1 Å². The summed E-state index contributed by atoms with van der Waals surface area (Å²) in [6.07, 6.45) is 5.04. The molecular weight excluding hydrogens is 416 g/mol. The van der Waals surface area contributed by atoms with Crippen LogP contribution in [-0.2, 0) is 0 Å². The third kappa shape index (κ3) is 5.38. The fraction of sp³-hybridized carbons (Fsp3) is 0.333. The number of aromatic nitrogens is 3. The van der Waals surface area contributed by atoms with Gasteiger partial charge in [-0.25, -0.2) is 15.0 Å². The van der Waals surface area contributed by atoms with Crippen LogP contribution in [0.2, 0.25) is 0 Å². The number of piperazine rings is 1. The highest BCUT2D eigenvalue weighted by molar-refractivity contribution is 5.99. The van der Waals surface area contributed by atoms with Gasteiger partial charge in [-0.3, -0.25) is 4.79 Å². The normalized spacial score (nSPS) is 14.4. The maximum atomic E-state index is 12.0. The summed E-state index contributed by atoms with van der Waals surface area (Å²) in [5.74, 6) is 1.60. The number of hydrogen-bond donors (Lipinski definition) is 3. The number of carbonyl (C=O) groups is 1. The number of nitrogens with zero attached hydrogens (tertiary/aromatic N) is 5. The maximum absolute atomic E-state index is 12.0. The summed E-state index contributed by atoms with van der Waals surface area (Å²) in [5, 5.41) is 6.47. The lowest BCUT2D eigenvalue weighted by Crippen LogP contribution is -2.44. The van der Waals surface area contributed by atoms with E-state index in [1.165, 1.54) is 6.20 Å². The molecule has 9 heteroatoms. The summed E-state index contributed by atoms with van der Waals surface area (Å²) in [7, 11) is 2.14. The van der Waals surface area contributed by atoms with Gasteiger partial charge in [-0.2, -0.15) is 0 Å². The zero-order valence-electron chi connectivity index (χ0n) is 19.2. The first kappa shape index (κ1) is 22.5. The maximum Gasteiger partial charge on any atom is 0.252 e. The number of nitrogens with one attached hydrogen (secondary N) is 2. The van der Waals surface area contributed by atoms with E-state index in [4.69, 9.17) is 5.73 Å². The van der Waals surface area contributed by atoms with Gasteiger partial charge in [0.1, 0.15) is 17.5 Å². The molecule has 0 aliphatic carbocycles. The van der Waals surface area contributed by atoms with Crippen molar-refractivity contribution in [3.05, 3.63) is 60.0 Å². The summed E-state index contributed by atoms with van der Waals surface area (Å²) in [5.41, 5.74) is 8.56. The summed E-state index contributed by atoms with van der Waals surface area (Å²) in [6, 6.07) is 9.64. The molecule has 0 bridgehead atoms. The summed E-state index contributed by atoms with van der Waals surface area (Å²) in [4.78, 5) is 30.0. The Labute approximate surface area is 194 Å². The van der Waals surface area contributed by atoms with Crippen LogP contribution >= 0.6 is 0 Å². The van der Waals surface area contributed by atoms with Gasteiger partial charge in [-0.05, 0) is 36.7 Å². The van der Waals surface area contributed by atoms with E-state index in [2.05, 4.69) is 62.3 Å². The number of anilines is 5. The Balaban J connectivity index is 1.54. The fourth-order valence-corrected chi connectivity index (χ4v) is 3.78. The Morgan fingerprint density at radius 3 is 2.42 bits per heavy atom. The van der Waals surface area contributed by atoms with E-state index in [0.29, 0.717) is 28.7 Å². The molecule has 1 fully saturated rings. The third-order valence-corrected chi connectivity index (χ3v) is 5.76. The number of primary amides is 1. The number of amides is 1. The summed E-state index contributed by atoms with van der Waals surface area (Å²) in [6.45, 7) is 8.24. The predicted molar refractivity (Wildman–Crippen MR) is 132 cm³/mol. The van der Waals surface area contributed by atoms with Gasteiger partial charge in [0.15, 0.2) is 0 Å². The van der Waals surface area contributed by atoms with Crippen molar-refractivity contribution >= 4 is 34.7 Å². The molecule has 0 spiro atoms. The average molecular weight is 447 g/mol. The molecule has 4 N–H and O–H groups in total. The smallest absolute Gasteiger partial charge is 0.252 e. The van der Waals surface area contributed by atoms with Gasteiger partial charge in [0.25, 0.3) is 5.91 Å². The second kappa shape index (κ2) is 9.83. The molecule has 3 aromatic rings. The molecule has 0 unspecified atom stereocenters. The van der Waals surface area contributed by atoms with E-state index in [1.54, 1.807) is 12.3 Å². The largest absolute Gasteiger partial charge is 0.368 e.